The Hall–Kier alpha value is -0.730. The molecule has 0 spiro atoms. The number of rotatable bonds is 3. The maximum Gasteiger partial charge on any atom is 0.235 e. The number of sulfonamides is 1. The van der Waals surface area contributed by atoms with Crippen molar-refractivity contribution in [2.75, 3.05) is 17.9 Å². The number of nitrogens with one attached hydrogen (secondary N) is 1. The van der Waals surface area contributed by atoms with Gasteiger partial charge in [-0.25, -0.2) is 17.2 Å². The van der Waals surface area contributed by atoms with Crippen molar-refractivity contribution in [1.82, 2.24) is 0 Å². The molecule has 19 heavy (non-hydrogen) atoms. The van der Waals surface area contributed by atoms with Crippen LogP contribution in [0, 0.1) is 11.6 Å². The van der Waals surface area contributed by atoms with Crippen molar-refractivity contribution in [2.24, 2.45) is 0 Å². The van der Waals surface area contributed by atoms with Crippen molar-refractivity contribution in [3.8, 4) is 0 Å². The molecule has 0 unspecified atom stereocenters. The monoisotopic (exact) mass is 355 g/mol. The smallest absolute Gasteiger partial charge is 0.235 e. The van der Waals surface area contributed by atoms with Crippen molar-refractivity contribution in [3.05, 3.63) is 28.2 Å². The highest BCUT2D eigenvalue weighted by atomic mass is 79.9. The van der Waals surface area contributed by atoms with Crippen molar-refractivity contribution >= 4 is 31.6 Å². The maximum absolute atomic E-state index is 13.6. The molecule has 0 amide bonds. The Morgan fingerprint density at radius 1 is 1.21 bits per heavy atom. The van der Waals surface area contributed by atoms with Crippen LogP contribution < -0.4 is 4.72 Å². The topological polar surface area (TPSA) is 55.4 Å². The molecule has 1 aromatic rings. The van der Waals surface area contributed by atoms with Crippen LogP contribution in [-0.4, -0.2) is 26.9 Å². The van der Waals surface area contributed by atoms with Gasteiger partial charge >= 0.3 is 0 Å². The van der Waals surface area contributed by atoms with Gasteiger partial charge in [0.1, 0.15) is 5.69 Å². The van der Waals surface area contributed by atoms with Crippen LogP contribution in [0.15, 0.2) is 16.6 Å². The maximum atomic E-state index is 13.6. The molecular formula is C11H12BrF2NO3S. The van der Waals surface area contributed by atoms with E-state index in [0.29, 0.717) is 26.1 Å². The Kier molecular flexibility index (Phi) is 4.42. The van der Waals surface area contributed by atoms with Gasteiger partial charge in [0.25, 0.3) is 0 Å². The average Bonchev–Trinajstić information content (AvgIpc) is 2.35. The predicted octanol–water partition coefficient (Wildman–Crippen LogP) is 2.65. The second-order valence-corrected chi connectivity index (χ2v) is 7.08. The summed E-state index contributed by atoms with van der Waals surface area (Å²) in [7, 11) is -3.82. The van der Waals surface area contributed by atoms with E-state index in [1.54, 1.807) is 0 Å². The van der Waals surface area contributed by atoms with Gasteiger partial charge in [-0.05, 0) is 25.0 Å². The highest BCUT2D eigenvalue weighted by molar-refractivity contribution is 9.10. The lowest BCUT2D eigenvalue weighted by atomic mass is 10.2. The summed E-state index contributed by atoms with van der Waals surface area (Å²) >= 11 is 2.93. The van der Waals surface area contributed by atoms with Crippen molar-refractivity contribution in [2.45, 2.75) is 18.1 Å². The summed E-state index contributed by atoms with van der Waals surface area (Å²) in [5.74, 6) is -1.91. The summed E-state index contributed by atoms with van der Waals surface area (Å²) in [5.41, 5.74) is -0.644. The molecule has 0 aliphatic carbocycles. The summed E-state index contributed by atoms with van der Waals surface area (Å²) in [6.07, 6.45) is 0.629. The first-order valence-electron chi connectivity index (χ1n) is 5.64. The van der Waals surface area contributed by atoms with E-state index in [9.17, 15) is 17.2 Å². The van der Waals surface area contributed by atoms with Crippen LogP contribution in [0.3, 0.4) is 0 Å². The van der Waals surface area contributed by atoms with E-state index in [1.165, 1.54) is 0 Å². The minimum absolute atomic E-state index is 0.205. The second kappa shape index (κ2) is 5.72. The minimum Gasteiger partial charge on any atom is -0.381 e. The number of ether oxygens (including phenoxy) is 1. The zero-order valence-corrected chi connectivity index (χ0v) is 12.2. The summed E-state index contributed by atoms with van der Waals surface area (Å²) in [4.78, 5) is 0. The molecule has 2 rings (SSSR count). The molecule has 1 N–H and O–H groups in total. The molecule has 1 fully saturated rings. The number of benzene rings is 1. The van der Waals surface area contributed by atoms with Gasteiger partial charge in [-0.1, -0.05) is 15.9 Å². The van der Waals surface area contributed by atoms with E-state index in [4.69, 9.17) is 4.74 Å². The predicted molar refractivity (Wildman–Crippen MR) is 70.4 cm³/mol. The van der Waals surface area contributed by atoms with Crippen LogP contribution in [0.2, 0.25) is 0 Å². The van der Waals surface area contributed by atoms with E-state index in [0.717, 1.165) is 12.1 Å². The third-order valence-electron chi connectivity index (χ3n) is 2.86. The SMILES string of the molecule is O=S(=O)(Nc1c(F)cc(Br)cc1F)C1CCOCC1. The van der Waals surface area contributed by atoms with Crippen molar-refractivity contribution in [1.29, 1.82) is 0 Å². The quantitative estimate of drug-likeness (QED) is 0.906. The van der Waals surface area contributed by atoms with Gasteiger partial charge in [0.05, 0.1) is 5.25 Å². The Bertz CT molecular complexity index is 550. The first-order chi connectivity index (χ1) is 8.90. The highest BCUT2D eigenvalue weighted by Crippen LogP contribution is 2.26. The molecular weight excluding hydrogens is 344 g/mol. The van der Waals surface area contributed by atoms with E-state index in [1.807, 2.05) is 4.72 Å². The first-order valence-corrected chi connectivity index (χ1v) is 7.98. The van der Waals surface area contributed by atoms with Gasteiger partial charge in [0.2, 0.25) is 10.0 Å². The van der Waals surface area contributed by atoms with E-state index < -0.39 is 32.6 Å². The fourth-order valence-electron chi connectivity index (χ4n) is 1.85. The standard InChI is InChI=1S/C11H12BrF2NO3S/c12-7-5-9(13)11(10(14)6-7)15-19(16,17)8-1-3-18-4-2-8/h5-6,8,15H,1-4H2. The Balaban J connectivity index is 2.25. The molecule has 0 aromatic heterocycles. The van der Waals surface area contributed by atoms with Gasteiger partial charge in [0.15, 0.2) is 11.6 Å². The highest BCUT2D eigenvalue weighted by Gasteiger charge is 2.29. The van der Waals surface area contributed by atoms with Gasteiger partial charge in [0, 0.05) is 17.7 Å². The third-order valence-corrected chi connectivity index (χ3v) is 5.15. The molecule has 1 aromatic carbocycles. The molecule has 0 radical (unpaired) electrons. The fourth-order valence-corrected chi connectivity index (χ4v) is 3.71. The molecule has 1 saturated heterocycles. The van der Waals surface area contributed by atoms with Crippen LogP contribution in [0.1, 0.15) is 12.8 Å². The van der Waals surface area contributed by atoms with Crippen LogP contribution in [0.4, 0.5) is 14.5 Å². The van der Waals surface area contributed by atoms with Crippen molar-refractivity contribution < 1.29 is 21.9 Å². The van der Waals surface area contributed by atoms with E-state index in [-0.39, 0.29) is 4.47 Å². The molecule has 4 nitrogen and oxygen atoms in total. The normalized spacial score (nSPS) is 17.4. The number of hydrogen-bond donors (Lipinski definition) is 1. The lowest BCUT2D eigenvalue weighted by molar-refractivity contribution is 0.0984. The number of halogens is 3. The summed E-state index contributed by atoms with van der Waals surface area (Å²) in [5, 5.41) is -0.691. The molecule has 0 saturated carbocycles. The second-order valence-electron chi connectivity index (χ2n) is 4.20. The van der Waals surface area contributed by atoms with Crippen LogP contribution in [-0.2, 0) is 14.8 Å². The molecule has 0 atom stereocenters. The van der Waals surface area contributed by atoms with Gasteiger partial charge in [-0.3, -0.25) is 4.72 Å². The van der Waals surface area contributed by atoms with E-state index >= 15 is 0 Å². The third kappa shape index (κ3) is 3.43. The van der Waals surface area contributed by atoms with Gasteiger partial charge in [-0.2, -0.15) is 0 Å². The van der Waals surface area contributed by atoms with Gasteiger partial charge in [-0.15, -0.1) is 0 Å². The Morgan fingerprint density at radius 3 is 2.26 bits per heavy atom. The molecule has 106 valence electrons. The lowest BCUT2D eigenvalue weighted by Crippen LogP contribution is -2.33. The molecule has 1 aliphatic heterocycles. The van der Waals surface area contributed by atoms with Crippen LogP contribution in [0.5, 0.6) is 0 Å². The minimum atomic E-state index is -3.82. The largest absolute Gasteiger partial charge is 0.381 e. The molecule has 1 heterocycles. The zero-order chi connectivity index (χ0) is 14.0. The average molecular weight is 356 g/mol. The lowest BCUT2D eigenvalue weighted by Gasteiger charge is -2.23. The van der Waals surface area contributed by atoms with Crippen LogP contribution >= 0.6 is 15.9 Å². The molecule has 1 aliphatic rings. The Morgan fingerprint density at radius 2 is 1.74 bits per heavy atom. The fraction of sp³-hybridized carbons (Fsp3) is 0.455. The molecule has 0 bridgehead atoms. The molecule has 8 heteroatoms. The Labute approximate surface area is 118 Å². The number of anilines is 1. The zero-order valence-electron chi connectivity index (χ0n) is 9.83. The first kappa shape index (κ1) is 14.7. The summed E-state index contributed by atoms with van der Waals surface area (Å²) < 4.78 is 58.5. The van der Waals surface area contributed by atoms with Gasteiger partial charge < -0.3 is 4.74 Å². The van der Waals surface area contributed by atoms with Crippen LogP contribution in [0.25, 0.3) is 0 Å². The summed E-state index contributed by atoms with van der Waals surface area (Å²) in [6.45, 7) is 0.660. The van der Waals surface area contributed by atoms with Crippen molar-refractivity contribution in [3.63, 3.8) is 0 Å². The van der Waals surface area contributed by atoms with E-state index in [2.05, 4.69) is 15.9 Å². The summed E-state index contributed by atoms with van der Waals surface area (Å²) in [6, 6.07) is 2.01. The number of hydrogen-bond acceptors (Lipinski definition) is 3.